The molecule has 0 radical (unpaired) electrons. The predicted octanol–water partition coefficient (Wildman–Crippen LogP) is 3.14. The van der Waals surface area contributed by atoms with Gasteiger partial charge in [-0.15, -0.1) is 0 Å². The third kappa shape index (κ3) is 6.91. The molecule has 1 N–H and O–H groups in total. The van der Waals surface area contributed by atoms with Gasteiger partial charge in [0, 0.05) is 37.5 Å². The second kappa shape index (κ2) is 8.35. The monoisotopic (exact) mass is 293 g/mol. The Balaban J connectivity index is 2.78. The van der Waals surface area contributed by atoms with Gasteiger partial charge in [-0.1, -0.05) is 0 Å². The third-order valence-electron chi connectivity index (χ3n) is 3.24. The number of hydrogen-bond acceptors (Lipinski definition) is 4. The highest BCUT2D eigenvalue weighted by Crippen LogP contribution is 2.16. The van der Waals surface area contributed by atoms with Crippen molar-refractivity contribution in [2.24, 2.45) is 0 Å². The van der Waals surface area contributed by atoms with E-state index in [4.69, 9.17) is 4.74 Å². The smallest absolute Gasteiger partial charge is 0.129 e. The van der Waals surface area contributed by atoms with E-state index in [-0.39, 0.29) is 5.54 Å². The first-order chi connectivity index (χ1) is 9.85. The maximum atomic E-state index is 5.46. The predicted molar refractivity (Wildman–Crippen MR) is 89.9 cm³/mol. The van der Waals surface area contributed by atoms with Crippen molar-refractivity contribution in [3.63, 3.8) is 0 Å². The van der Waals surface area contributed by atoms with Gasteiger partial charge in [0.1, 0.15) is 5.82 Å². The lowest BCUT2D eigenvalue weighted by Gasteiger charge is -2.24. The molecule has 1 aromatic heterocycles. The van der Waals surface area contributed by atoms with Crippen molar-refractivity contribution in [2.75, 3.05) is 31.2 Å². The first-order valence-electron chi connectivity index (χ1n) is 7.91. The molecule has 21 heavy (non-hydrogen) atoms. The van der Waals surface area contributed by atoms with E-state index in [1.807, 2.05) is 6.92 Å². The number of nitrogens with zero attached hydrogens (tertiary/aromatic N) is 2. The highest BCUT2D eigenvalue weighted by Gasteiger charge is 2.11. The maximum absolute atomic E-state index is 5.46. The Morgan fingerprint density at radius 1 is 1.24 bits per heavy atom. The summed E-state index contributed by atoms with van der Waals surface area (Å²) in [6, 6.07) is 4.33. The van der Waals surface area contributed by atoms with E-state index in [0.717, 1.165) is 44.4 Å². The quantitative estimate of drug-likeness (QED) is 0.747. The Labute approximate surface area is 129 Å². The number of anilines is 1. The molecule has 0 aliphatic heterocycles. The molecule has 1 aromatic rings. The van der Waals surface area contributed by atoms with Gasteiger partial charge >= 0.3 is 0 Å². The molecule has 0 amide bonds. The van der Waals surface area contributed by atoms with E-state index >= 15 is 0 Å². The van der Waals surface area contributed by atoms with Crippen LogP contribution in [0.1, 0.15) is 45.9 Å². The lowest BCUT2D eigenvalue weighted by molar-refractivity contribution is 0.154. The largest absolute Gasteiger partial charge is 0.380 e. The van der Waals surface area contributed by atoms with Crippen LogP contribution in [0, 0.1) is 6.92 Å². The maximum Gasteiger partial charge on any atom is 0.129 e. The molecule has 1 heterocycles. The highest BCUT2D eigenvalue weighted by atomic mass is 16.5. The van der Waals surface area contributed by atoms with Crippen LogP contribution < -0.4 is 10.2 Å². The van der Waals surface area contributed by atoms with Crippen LogP contribution in [0.15, 0.2) is 12.1 Å². The average Bonchev–Trinajstić information content (AvgIpc) is 2.40. The fourth-order valence-corrected chi connectivity index (χ4v) is 2.11. The second-order valence-electron chi connectivity index (χ2n) is 6.36. The standard InChI is InChI=1S/C17H31N3O/c1-7-20(9-10-21-8-2)16-12-15(11-14(3)19-16)13-18-17(4,5)6/h11-12,18H,7-10,13H2,1-6H3. The lowest BCUT2D eigenvalue weighted by atomic mass is 10.1. The topological polar surface area (TPSA) is 37.4 Å². The normalized spacial score (nSPS) is 11.7. The van der Waals surface area contributed by atoms with Gasteiger partial charge in [0.2, 0.25) is 0 Å². The molecule has 0 aliphatic carbocycles. The van der Waals surface area contributed by atoms with Gasteiger partial charge in [-0.2, -0.15) is 0 Å². The van der Waals surface area contributed by atoms with E-state index < -0.39 is 0 Å². The molecule has 0 aliphatic rings. The van der Waals surface area contributed by atoms with Crippen LogP contribution in [0.3, 0.4) is 0 Å². The minimum Gasteiger partial charge on any atom is -0.380 e. The van der Waals surface area contributed by atoms with Gasteiger partial charge in [0.25, 0.3) is 0 Å². The number of hydrogen-bond donors (Lipinski definition) is 1. The number of aryl methyl sites for hydroxylation is 1. The van der Waals surface area contributed by atoms with E-state index in [1.165, 1.54) is 5.56 Å². The zero-order valence-electron chi connectivity index (χ0n) is 14.5. The van der Waals surface area contributed by atoms with Crippen LogP contribution in [0.25, 0.3) is 0 Å². The summed E-state index contributed by atoms with van der Waals surface area (Å²) in [7, 11) is 0. The van der Waals surface area contributed by atoms with E-state index in [9.17, 15) is 0 Å². The molecule has 120 valence electrons. The summed E-state index contributed by atoms with van der Waals surface area (Å²) in [5, 5.41) is 3.53. The summed E-state index contributed by atoms with van der Waals surface area (Å²) in [6.07, 6.45) is 0. The van der Waals surface area contributed by atoms with Gasteiger partial charge in [0.15, 0.2) is 0 Å². The van der Waals surface area contributed by atoms with Crippen molar-refractivity contribution < 1.29 is 4.74 Å². The summed E-state index contributed by atoms with van der Waals surface area (Å²) in [4.78, 5) is 6.94. The molecular weight excluding hydrogens is 262 g/mol. The summed E-state index contributed by atoms with van der Waals surface area (Å²) >= 11 is 0. The molecule has 0 unspecified atom stereocenters. The highest BCUT2D eigenvalue weighted by molar-refractivity contribution is 5.42. The van der Waals surface area contributed by atoms with E-state index in [1.54, 1.807) is 0 Å². The van der Waals surface area contributed by atoms with Gasteiger partial charge in [-0.25, -0.2) is 4.98 Å². The summed E-state index contributed by atoms with van der Waals surface area (Å²) < 4.78 is 5.46. The molecular formula is C17H31N3O. The van der Waals surface area contributed by atoms with Crippen molar-refractivity contribution in [1.82, 2.24) is 10.3 Å². The summed E-state index contributed by atoms with van der Waals surface area (Å²) in [6.45, 7) is 17.0. The fraction of sp³-hybridized carbons (Fsp3) is 0.706. The number of pyridine rings is 1. The third-order valence-corrected chi connectivity index (χ3v) is 3.24. The van der Waals surface area contributed by atoms with E-state index in [2.05, 4.69) is 62.0 Å². The van der Waals surface area contributed by atoms with Crippen LogP contribution in [0.5, 0.6) is 0 Å². The Kier molecular flexibility index (Phi) is 7.12. The molecule has 0 bridgehead atoms. The molecule has 0 spiro atoms. The second-order valence-corrected chi connectivity index (χ2v) is 6.36. The zero-order chi connectivity index (χ0) is 15.9. The molecule has 4 heteroatoms. The van der Waals surface area contributed by atoms with Gasteiger partial charge in [-0.05, 0) is 59.2 Å². The Bertz CT molecular complexity index is 427. The first-order valence-corrected chi connectivity index (χ1v) is 7.91. The minimum absolute atomic E-state index is 0.122. The molecule has 1 rings (SSSR count). The average molecular weight is 293 g/mol. The SMILES string of the molecule is CCOCCN(CC)c1cc(CNC(C)(C)C)cc(C)n1. The minimum atomic E-state index is 0.122. The zero-order valence-corrected chi connectivity index (χ0v) is 14.5. The number of likely N-dealkylation sites (N-methyl/N-ethyl adjacent to an activating group) is 1. The lowest BCUT2D eigenvalue weighted by Crippen LogP contribution is -2.35. The number of aromatic nitrogens is 1. The molecule has 0 atom stereocenters. The van der Waals surface area contributed by atoms with Gasteiger partial charge in [0.05, 0.1) is 6.61 Å². The molecule has 0 saturated carbocycles. The van der Waals surface area contributed by atoms with Crippen molar-refractivity contribution in [3.05, 3.63) is 23.4 Å². The molecule has 0 aromatic carbocycles. The molecule has 0 saturated heterocycles. The Hall–Kier alpha value is -1.13. The summed E-state index contributed by atoms with van der Waals surface area (Å²) in [5.41, 5.74) is 2.46. The first kappa shape index (κ1) is 17.9. The van der Waals surface area contributed by atoms with E-state index in [0.29, 0.717) is 0 Å². The number of ether oxygens (including phenoxy) is 1. The van der Waals surface area contributed by atoms with Crippen LogP contribution in [-0.4, -0.2) is 36.8 Å². The van der Waals surface area contributed by atoms with Gasteiger partial charge < -0.3 is 15.0 Å². The number of rotatable bonds is 8. The number of nitrogens with one attached hydrogen (secondary N) is 1. The van der Waals surface area contributed by atoms with Crippen LogP contribution in [0.2, 0.25) is 0 Å². The fourth-order valence-electron chi connectivity index (χ4n) is 2.11. The van der Waals surface area contributed by atoms with Crippen molar-refractivity contribution in [1.29, 1.82) is 0 Å². The van der Waals surface area contributed by atoms with Crippen LogP contribution >= 0.6 is 0 Å². The van der Waals surface area contributed by atoms with Crippen molar-refractivity contribution in [3.8, 4) is 0 Å². The summed E-state index contributed by atoms with van der Waals surface area (Å²) in [5.74, 6) is 1.04. The Morgan fingerprint density at radius 2 is 1.95 bits per heavy atom. The van der Waals surface area contributed by atoms with Crippen LogP contribution in [0.4, 0.5) is 5.82 Å². The van der Waals surface area contributed by atoms with Crippen LogP contribution in [-0.2, 0) is 11.3 Å². The van der Waals surface area contributed by atoms with Crippen molar-refractivity contribution in [2.45, 2.75) is 53.6 Å². The van der Waals surface area contributed by atoms with Gasteiger partial charge in [-0.3, -0.25) is 0 Å². The van der Waals surface area contributed by atoms with Crippen molar-refractivity contribution >= 4 is 5.82 Å². The Morgan fingerprint density at radius 3 is 2.52 bits per heavy atom. The molecule has 0 fully saturated rings. The molecule has 4 nitrogen and oxygen atoms in total.